The first kappa shape index (κ1) is 17.6. The molecule has 3 rings (SSSR count). The van der Waals surface area contributed by atoms with Gasteiger partial charge in [0.15, 0.2) is 0 Å². The SMILES string of the molecule is O=C(CCNc1ncnc2ccccc12)NCCCCN1CCCC1. The van der Waals surface area contributed by atoms with Crippen LogP contribution in [0.3, 0.4) is 0 Å². The maximum Gasteiger partial charge on any atom is 0.221 e. The Morgan fingerprint density at radius 3 is 2.80 bits per heavy atom. The van der Waals surface area contributed by atoms with Crippen molar-refractivity contribution in [2.45, 2.75) is 32.1 Å². The minimum atomic E-state index is 0.0898. The van der Waals surface area contributed by atoms with E-state index < -0.39 is 0 Å². The molecule has 0 spiro atoms. The molecule has 1 fully saturated rings. The van der Waals surface area contributed by atoms with Gasteiger partial charge in [0.05, 0.1) is 5.52 Å². The molecule has 1 aliphatic rings. The average Bonchev–Trinajstić information content (AvgIpc) is 3.15. The molecule has 1 aromatic carbocycles. The number of unbranched alkanes of at least 4 members (excludes halogenated alkanes) is 1. The number of likely N-dealkylation sites (tertiary alicyclic amines) is 1. The van der Waals surface area contributed by atoms with Crippen molar-refractivity contribution in [3.05, 3.63) is 30.6 Å². The molecular formula is C19H27N5O. The summed E-state index contributed by atoms with van der Waals surface area (Å²) in [6.07, 6.45) is 6.88. The number of amides is 1. The molecule has 0 unspecified atom stereocenters. The number of fused-ring (bicyclic) bond motifs is 1. The third-order valence-corrected chi connectivity index (χ3v) is 4.61. The number of carbonyl (C=O) groups excluding carboxylic acids is 1. The first-order valence-electron chi connectivity index (χ1n) is 9.25. The third-order valence-electron chi connectivity index (χ3n) is 4.61. The number of benzene rings is 1. The summed E-state index contributed by atoms with van der Waals surface area (Å²) in [7, 11) is 0. The van der Waals surface area contributed by atoms with Crippen molar-refractivity contribution in [2.75, 3.05) is 38.0 Å². The highest BCUT2D eigenvalue weighted by Gasteiger charge is 2.10. The lowest BCUT2D eigenvalue weighted by Crippen LogP contribution is -2.27. The molecule has 1 amide bonds. The van der Waals surface area contributed by atoms with Gasteiger partial charge in [-0.1, -0.05) is 12.1 Å². The van der Waals surface area contributed by atoms with Crippen molar-refractivity contribution in [3.8, 4) is 0 Å². The van der Waals surface area contributed by atoms with E-state index in [9.17, 15) is 4.79 Å². The number of rotatable bonds is 9. The number of anilines is 1. The zero-order valence-corrected chi connectivity index (χ0v) is 14.7. The number of aromatic nitrogens is 2. The normalized spacial score (nSPS) is 14.7. The zero-order chi connectivity index (χ0) is 17.3. The number of para-hydroxylation sites is 1. The summed E-state index contributed by atoms with van der Waals surface area (Å²) in [5.74, 6) is 0.871. The van der Waals surface area contributed by atoms with Crippen LogP contribution < -0.4 is 10.6 Å². The summed E-state index contributed by atoms with van der Waals surface area (Å²) in [6.45, 7) is 4.99. The summed E-state index contributed by atoms with van der Waals surface area (Å²) in [5, 5.41) is 7.22. The fraction of sp³-hybridized carbons (Fsp3) is 0.526. The lowest BCUT2D eigenvalue weighted by atomic mass is 10.2. The van der Waals surface area contributed by atoms with E-state index in [-0.39, 0.29) is 5.91 Å². The van der Waals surface area contributed by atoms with Gasteiger partial charge in [-0.3, -0.25) is 4.79 Å². The van der Waals surface area contributed by atoms with Gasteiger partial charge in [-0.05, 0) is 57.5 Å². The van der Waals surface area contributed by atoms with Gasteiger partial charge in [0.1, 0.15) is 12.1 Å². The predicted molar refractivity (Wildman–Crippen MR) is 101 cm³/mol. The second kappa shape index (κ2) is 9.32. The molecule has 0 radical (unpaired) electrons. The molecule has 0 bridgehead atoms. The summed E-state index contributed by atoms with van der Waals surface area (Å²) in [5.41, 5.74) is 0.905. The smallest absolute Gasteiger partial charge is 0.221 e. The second-order valence-electron chi connectivity index (χ2n) is 6.52. The molecule has 1 aromatic heterocycles. The van der Waals surface area contributed by atoms with E-state index in [0.29, 0.717) is 13.0 Å². The Morgan fingerprint density at radius 1 is 1.08 bits per heavy atom. The molecule has 134 valence electrons. The molecule has 0 atom stereocenters. The molecule has 6 heteroatoms. The first-order chi connectivity index (χ1) is 12.3. The Kier molecular flexibility index (Phi) is 6.56. The Balaban J connectivity index is 1.31. The quantitative estimate of drug-likeness (QED) is 0.686. The number of nitrogens with zero attached hydrogens (tertiary/aromatic N) is 3. The summed E-state index contributed by atoms with van der Waals surface area (Å²) in [6, 6.07) is 7.86. The Hall–Kier alpha value is -2.21. The standard InChI is InChI=1S/C19H27N5O/c25-18(20-10-3-4-12-24-13-5-6-14-24)9-11-21-19-16-7-1-2-8-17(16)22-15-23-19/h1-2,7-8,15H,3-6,9-14H2,(H,20,25)(H,21,22,23). The highest BCUT2D eigenvalue weighted by Crippen LogP contribution is 2.17. The summed E-state index contributed by atoms with van der Waals surface area (Å²) < 4.78 is 0. The van der Waals surface area contributed by atoms with E-state index in [1.165, 1.54) is 25.9 Å². The fourth-order valence-corrected chi connectivity index (χ4v) is 3.22. The van der Waals surface area contributed by atoms with Crippen LogP contribution in [0.1, 0.15) is 32.1 Å². The largest absolute Gasteiger partial charge is 0.369 e. The van der Waals surface area contributed by atoms with Crippen molar-refractivity contribution in [2.24, 2.45) is 0 Å². The Labute approximate surface area is 149 Å². The number of hydrogen-bond acceptors (Lipinski definition) is 5. The van der Waals surface area contributed by atoms with Gasteiger partial charge >= 0.3 is 0 Å². The maximum atomic E-state index is 11.9. The summed E-state index contributed by atoms with van der Waals surface area (Å²) in [4.78, 5) is 22.9. The van der Waals surface area contributed by atoms with Gasteiger partial charge < -0.3 is 15.5 Å². The third kappa shape index (κ3) is 5.39. The molecule has 1 aliphatic heterocycles. The molecular weight excluding hydrogens is 314 g/mol. The van der Waals surface area contributed by atoms with Crippen molar-refractivity contribution in [1.29, 1.82) is 0 Å². The van der Waals surface area contributed by atoms with Gasteiger partial charge in [0.25, 0.3) is 0 Å². The molecule has 2 N–H and O–H groups in total. The Morgan fingerprint density at radius 2 is 1.92 bits per heavy atom. The van der Waals surface area contributed by atoms with Gasteiger partial charge in [0, 0.05) is 24.9 Å². The van der Waals surface area contributed by atoms with Crippen LogP contribution in [0.2, 0.25) is 0 Å². The van der Waals surface area contributed by atoms with Crippen molar-refractivity contribution in [3.63, 3.8) is 0 Å². The molecule has 0 saturated carbocycles. The highest BCUT2D eigenvalue weighted by molar-refractivity contribution is 5.88. The first-order valence-corrected chi connectivity index (χ1v) is 9.25. The van der Waals surface area contributed by atoms with E-state index in [1.807, 2.05) is 24.3 Å². The van der Waals surface area contributed by atoms with Crippen LogP contribution in [0, 0.1) is 0 Å². The fourth-order valence-electron chi connectivity index (χ4n) is 3.22. The lowest BCUT2D eigenvalue weighted by Gasteiger charge is -2.14. The molecule has 0 aliphatic carbocycles. The zero-order valence-electron chi connectivity index (χ0n) is 14.7. The molecule has 6 nitrogen and oxygen atoms in total. The highest BCUT2D eigenvalue weighted by atomic mass is 16.1. The topological polar surface area (TPSA) is 70.1 Å². The number of nitrogens with one attached hydrogen (secondary N) is 2. The monoisotopic (exact) mass is 341 g/mol. The number of carbonyl (C=O) groups is 1. The molecule has 25 heavy (non-hydrogen) atoms. The number of hydrogen-bond donors (Lipinski definition) is 2. The van der Waals surface area contributed by atoms with Crippen LogP contribution in [-0.4, -0.2) is 53.5 Å². The van der Waals surface area contributed by atoms with Crippen LogP contribution in [0.5, 0.6) is 0 Å². The van der Waals surface area contributed by atoms with Crippen molar-refractivity contribution in [1.82, 2.24) is 20.2 Å². The van der Waals surface area contributed by atoms with Crippen LogP contribution in [0.25, 0.3) is 10.9 Å². The molecule has 1 saturated heterocycles. The van der Waals surface area contributed by atoms with Crippen LogP contribution in [0.15, 0.2) is 30.6 Å². The predicted octanol–water partition coefficient (Wildman–Crippen LogP) is 2.42. The van der Waals surface area contributed by atoms with E-state index in [0.717, 1.165) is 42.7 Å². The van der Waals surface area contributed by atoms with E-state index in [2.05, 4.69) is 25.5 Å². The average molecular weight is 341 g/mol. The van der Waals surface area contributed by atoms with Crippen LogP contribution in [-0.2, 0) is 4.79 Å². The van der Waals surface area contributed by atoms with Gasteiger partial charge in [-0.25, -0.2) is 9.97 Å². The minimum absolute atomic E-state index is 0.0898. The molecule has 2 aromatic rings. The lowest BCUT2D eigenvalue weighted by molar-refractivity contribution is -0.120. The van der Waals surface area contributed by atoms with E-state index in [1.54, 1.807) is 6.33 Å². The maximum absolute atomic E-state index is 11.9. The van der Waals surface area contributed by atoms with Crippen LogP contribution in [0.4, 0.5) is 5.82 Å². The van der Waals surface area contributed by atoms with Gasteiger partial charge in [0.2, 0.25) is 5.91 Å². The minimum Gasteiger partial charge on any atom is -0.369 e. The van der Waals surface area contributed by atoms with Crippen molar-refractivity contribution < 1.29 is 4.79 Å². The van der Waals surface area contributed by atoms with Gasteiger partial charge in [-0.2, -0.15) is 0 Å². The summed E-state index contributed by atoms with van der Waals surface area (Å²) >= 11 is 0. The van der Waals surface area contributed by atoms with Crippen molar-refractivity contribution >= 4 is 22.6 Å². The van der Waals surface area contributed by atoms with E-state index >= 15 is 0 Å². The Bertz CT molecular complexity index is 679. The van der Waals surface area contributed by atoms with Gasteiger partial charge in [-0.15, -0.1) is 0 Å². The second-order valence-corrected chi connectivity index (χ2v) is 6.52. The van der Waals surface area contributed by atoms with E-state index in [4.69, 9.17) is 0 Å². The van der Waals surface area contributed by atoms with Crippen LogP contribution >= 0.6 is 0 Å². The molecule has 2 heterocycles.